The molecule has 0 aliphatic carbocycles. The van der Waals surface area contributed by atoms with Crippen molar-refractivity contribution in [2.45, 2.75) is 13.0 Å². The molecule has 2 aromatic heterocycles. The Morgan fingerprint density at radius 2 is 1.96 bits per heavy atom. The van der Waals surface area contributed by atoms with Crippen LogP contribution in [0.2, 0.25) is 5.28 Å². The minimum atomic E-state index is -1.04. The number of carboxylic acids is 1. The molecule has 3 aromatic rings. The van der Waals surface area contributed by atoms with Crippen LogP contribution in [0, 0.1) is 0 Å². The first-order chi connectivity index (χ1) is 11.9. The van der Waals surface area contributed by atoms with E-state index in [1.807, 2.05) is 0 Å². The number of carbonyl (C=O) groups excluding carboxylic acids is 1. The van der Waals surface area contributed by atoms with Crippen LogP contribution in [0.3, 0.4) is 0 Å². The highest BCUT2D eigenvalue weighted by Crippen LogP contribution is 2.24. The van der Waals surface area contributed by atoms with Gasteiger partial charge in [0.05, 0.1) is 0 Å². The number of hydrogen-bond acceptors (Lipinski definition) is 6. The van der Waals surface area contributed by atoms with Gasteiger partial charge in [-0.15, -0.1) is 0 Å². The van der Waals surface area contributed by atoms with Gasteiger partial charge < -0.3 is 16.2 Å². The molecule has 0 saturated carbocycles. The lowest BCUT2D eigenvalue weighted by atomic mass is 10.2. The largest absolute Gasteiger partial charge is 0.480 e. The number of amides is 1. The lowest BCUT2D eigenvalue weighted by molar-refractivity contribution is -0.137. The van der Waals surface area contributed by atoms with Gasteiger partial charge in [-0.1, -0.05) is 0 Å². The summed E-state index contributed by atoms with van der Waals surface area (Å²) in [6.45, 7) is 1.48. The first kappa shape index (κ1) is 16.7. The van der Waals surface area contributed by atoms with Crippen LogP contribution in [-0.2, 0) is 4.79 Å². The second kappa shape index (κ2) is 6.36. The van der Waals surface area contributed by atoms with Crippen LogP contribution in [-0.4, -0.2) is 42.5 Å². The number of aliphatic carboxylic acids is 1. The molecule has 0 spiro atoms. The molecule has 0 radical (unpaired) electrons. The molecular formula is C15H13ClN6O3. The molecule has 1 amide bonds. The Morgan fingerprint density at radius 1 is 1.28 bits per heavy atom. The van der Waals surface area contributed by atoms with E-state index in [9.17, 15) is 9.59 Å². The van der Waals surface area contributed by atoms with E-state index in [-0.39, 0.29) is 11.1 Å². The van der Waals surface area contributed by atoms with E-state index < -0.39 is 17.9 Å². The highest BCUT2D eigenvalue weighted by Gasteiger charge is 2.18. The molecule has 0 aliphatic rings. The van der Waals surface area contributed by atoms with Crippen LogP contribution < -0.4 is 11.1 Å². The number of nitrogens with one attached hydrogen (secondary N) is 1. The second-order valence-corrected chi connectivity index (χ2v) is 5.58. The molecule has 2 heterocycles. The summed E-state index contributed by atoms with van der Waals surface area (Å²) in [7, 11) is 0. The molecule has 10 heteroatoms. The smallest absolute Gasteiger partial charge is 0.325 e. The molecule has 0 aliphatic heterocycles. The average Bonchev–Trinajstić information content (AvgIpc) is 2.98. The van der Waals surface area contributed by atoms with Crippen molar-refractivity contribution >= 4 is 40.5 Å². The monoisotopic (exact) mass is 360 g/mol. The van der Waals surface area contributed by atoms with Gasteiger partial charge >= 0.3 is 5.97 Å². The molecule has 0 unspecified atom stereocenters. The standard InChI is InChI=1S/C15H13ClN6O3/c1-7(14(24)25)19-12-10-13(21-15(16)20-12)22(6-18-10)9-4-2-8(3-5-9)11(17)23/h2-7H,1H3,(H2,17,23)(H,24,25)(H,19,20,21)/t7-/m0/s1. The third kappa shape index (κ3) is 3.22. The van der Waals surface area contributed by atoms with Gasteiger partial charge in [0, 0.05) is 11.3 Å². The number of halogens is 1. The molecule has 25 heavy (non-hydrogen) atoms. The highest BCUT2D eigenvalue weighted by atomic mass is 35.5. The minimum Gasteiger partial charge on any atom is -0.480 e. The van der Waals surface area contributed by atoms with Gasteiger partial charge in [0.1, 0.15) is 12.4 Å². The Hall–Kier alpha value is -3.20. The Labute approximate surface area is 146 Å². The van der Waals surface area contributed by atoms with Gasteiger partial charge in [0.2, 0.25) is 11.2 Å². The number of benzene rings is 1. The number of carbonyl (C=O) groups is 2. The van der Waals surface area contributed by atoms with Gasteiger partial charge in [-0.2, -0.15) is 9.97 Å². The van der Waals surface area contributed by atoms with Crippen LogP contribution in [0.1, 0.15) is 17.3 Å². The minimum absolute atomic E-state index is 0.0527. The van der Waals surface area contributed by atoms with Crippen molar-refractivity contribution in [3.8, 4) is 5.69 Å². The predicted molar refractivity (Wildman–Crippen MR) is 90.9 cm³/mol. The summed E-state index contributed by atoms with van der Waals surface area (Å²) >= 11 is 5.96. The number of imidazole rings is 1. The maximum Gasteiger partial charge on any atom is 0.325 e. The maximum absolute atomic E-state index is 11.2. The van der Waals surface area contributed by atoms with Gasteiger partial charge in [0.25, 0.3) is 0 Å². The van der Waals surface area contributed by atoms with Gasteiger partial charge in [0.15, 0.2) is 17.0 Å². The number of primary amides is 1. The summed E-state index contributed by atoms with van der Waals surface area (Å²) in [5.41, 5.74) is 7.05. The Morgan fingerprint density at radius 3 is 2.56 bits per heavy atom. The lowest BCUT2D eigenvalue weighted by Gasteiger charge is -2.10. The second-order valence-electron chi connectivity index (χ2n) is 5.24. The number of nitrogens with zero attached hydrogens (tertiary/aromatic N) is 4. The summed E-state index contributed by atoms with van der Waals surface area (Å²) in [6.07, 6.45) is 1.51. The van der Waals surface area contributed by atoms with E-state index in [1.165, 1.54) is 13.3 Å². The summed E-state index contributed by atoms with van der Waals surface area (Å²) in [5, 5.41) is 11.7. The molecule has 9 nitrogen and oxygen atoms in total. The van der Waals surface area contributed by atoms with Crippen molar-refractivity contribution in [1.29, 1.82) is 0 Å². The van der Waals surface area contributed by atoms with E-state index in [4.69, 9.17) is 22.4 Å². The van der Waals surface area contributed by atoms with Gasteiger partial charge in [-0.05, 0) is 42.8 Å². The van der Waals surface area contributed by atoms with E-state index in [0.29, 0.717) is 22.4 Å². The summed E-state index contributed by atoms with van der Waals surface area (Å²) in [5.74, 6) is -1.34. The summed E-state index contributed by atoms with van der Waals surface area (Å²) < 4.78 is 1.64. The molecule has 128 valence electrons. The third-order valence-corrected chi connectivity index (χ3v) is 3.69. The van der Waals surface area contributed by atoms with Gasteiger partial charge in [-0.25, -0.2) is 4.98 Å². The zero-order chi connectivity index (χ0) is 18.1. The molecular weight excluding hydrogens is 348 g/mol. The number of nitrogens with two attached hydrogens (primary N) is 1. The molecule has 0 saturated heterocycles. The molecule has 3 rings (SSSR count). The van der Waals surface area contributed by atoms with Crippen LogP contribution >= 0.6 is 11.6 Å². The molecule has 0 fully saturated rings. The van der Waals surface area contributed by atoms with Crippen molar-refractivity contribution in [2.75, 3.05) is 5.32 Å². The maximum atomic E-state index is 11.2. The van der Waals surface area contributed by atoms with Crippen LogP contribution in [0.5, 0.6) is 0 Å². The fourth-order valence-electron chi connectivity index (χ4n) is 2.22. The zero-order valence-electron chi connectivity index (χ0n) is 13.0. The average molecular weight is 361 g/mol. The lowest BCUT2D eigenvalue weighted by Crippen LogP contribution is -2.26. The van der Waals surface area contributed by atoms with E-state index >= 15 is 0 Å². The van der Waals surface area contributed by atoms with Gasteiger partial charge in [-0.3, -0.25) is 14.2 Å². The Bertz CT molecular complexity index is 969. The van der Waals surface area contributed by atoms with Crippen molar-refractivity contribution in [2.24, 2.45) is 5.73 Å². The first-order valence-corrected chi connectivity index (χ1v) is 7.55. The number of anilines is 1. The fourth-order valence-corrected chi connectivity index (χ4v) is 2.38. The van der Waals surface area contributed by atoms with Crippen molar-refractivity contribution in [3.63, 3.8) is 0 Å². The molecule has 1 atom stereocenters. The fraction of sp³-hybridized carbons (Fsp3) is 0.133. The Kier molecular flexibility index (Phi) is 4.24. The quantitative estimate of drug-likeness (QED) is 0.586. The van der Waals surface area contributed by atoms with E-state index in [1.54, 1.807) is 28.8 Å². The van der Waals surface area contributed by atoms with E-state index in [2.05, 4.69) is 20.3 Å². The topological polar surface area (TPSA) is 136 Å². The van der Waals surface area contributed by atoms with Crippen molar-refractivity contribution < 1.29 is 14.7 Å². The molecule has 4 N–H and O–H groups in total. The normalized spacial score (nSPS) is 12.1. The number of carboxylic acid groups (broad SMARTS) is 1. The van der Waals surface area contributed by atoms with Crippen LogP contribution in [0.4, 0.5) is 5.82 Å². The molecule has 1 aromatic carbocycles. The van der Waals surface area contributed by atoms with Crippen LogP contribution in [0.15, 0.2) is 30.6 Å². The number of rotatable bonds is 5. The SMILES string of the molecule is C[C@H](Nc1nc(Cl)nc2c1ncn2-c1ccc(C(N)=O)cc1)C(=O)O. The number of fused-ring (bicyclic) bond motifs is 1. The van der Waals surface area contributed by atoms with Crippen molar-refractivity contribution in [3.05, 3.63) is 41.4 Å². The number of hydrogen-bond donors (Lipinski definition) is 3. The number of aromatic nitrogens is 4. The van der Waals surface area contributed by atoms with E-state index in [0.717, 1.165) is 0 Å². The first-order valence-electron chi connectivity index (χ1n) is 7.17. The highest BCUT2D eigenvalue weighted by molar-refractivity contribution is 6.28. The zero-order valence-corrected chi connectivity index (χ0v) is 13.7. The third-order valence-electron chi connectivity index (χ3n) is 3.52. The Balaban J connectivity index is 2.08. The molecule has 0 bridgehead atoms. The van der Waals surface area contributed by atoms with Crippen molar-refractivity contribution in [1.82, 2.24) is 19.5 Å². The summed E-state index contributed by atoms with van der Waals surface area (Å²) in [6, 6.07) is 5.65. The predicted octanol–water partition coefficient (Wildman–Crippen LogP) is 1.45. The summed E-state index contributed by atoms with van der Waals surface area (Å²) in [4.78, 5) is 34.6. The van der Waals surface area contributed by atoms with Crippen LogP contribution in [0.25, 0.3) is 16.9 Å².